The molecule has 3 N–H and O–H groups in total. The number of phosphoric acid groups is 2. The second-order valence-corrected chi connectivity index (χ2v) is 31.3. The van der Waals surface area contributed by atoms with E-state index in [1.54, 1.807) is 0 Å². The van der Waals surface area contributed by atoms with Crippen molar-refractivity contribution < 1.29 is 80.2 Å². The zero-order valence-corrected chi connectivity index (χ0v) is 63.9. The Morgan fingerprint density at radius 2 is 0.537 bits per heavy atom. The predicted molar refractivity (Wildman–Crippen MR) is 386 cm³/mol. The van der Waals surface area contributed by atoms with Gasteiger partial charge in [0, 0.05) is 25.7 Å². The summed E-state index contributed by atoms with van der Waals surface area (Å²) in [7, 11) is -9.91. The van der Waals surface area contributed by atoms with Crippen molar-refractivity contribution in [2.45, 2.75) is 407 Å². The highest BCUT2D eigenvalue weighted by molar-refractivity contribution is 7.47. The van der Waals surface area contributed by atoms with Gasteiger partial charge in [-0.1, -0.05) is 337 Å². The van der Waals surface area contributed by atoms with Gasteiger partial charge in [0.25, 0.3) is 0 Å². The molecule has 19 heteroatoms. The van der Waals surface area contributed by atoms with Crippen LogP contribution in [0.4, 0.5) is 0 Å². The molecule has 0 aromatic carbocycles. The van der Waals surface area contributed by atoms with Gasteiger partial charge in [0.15, 0.2) is 12.2 Å². The average Bonchev–Trinajstić information content (AvgIpc) is 1.50. The van der Waals surface area contributed by atoms with Crippen molar-refractivity contribution in [1.82, 2.24) is 0 Å². The standard InChI is InChI=1S/C76H148O17P2/c1-8-11-12-13-14-15-16-17-18-19-20-21-22-23-24-27-38-45-52-59-75(80)92-71(63-86-73(78)57-50-43-36-28-25-26-33-40-47-54-67(4)5)65-90-94(82,83)88-61-70(77)62-89-95(84,85)91-66-72(93-76(81)60-53-46-39-32-30-35-42-49-56-69(7)10-3)64-87-74(79)58-51-44-37-31-29-34-41-48-55-68(6)9-2/h67-72,77H,8-66H2,1-7H3,(H,82,83)(H,84,85)/t68?,69?,70-,71-,72-/m1/s1. The predicted octanol–water partition coefficient (Wildman–Crippen LogP) is 22.2. The Hall–Kier alpha value is -1.94. The molecule has 0 saturated heterocycles. The molecule has 0 saturated carbocycles. The van der Waals surface area contributed by atoms with E-state index in [9.17, 15) is 43.2 Å². The average molecular weight is 1400 g/mol. The molecule has 0 aliphatic rings. The Balaban J connectivity index is 5.24. The van der Waals surface area contributed by atoms with Gasteiger partial charge in [-0.2, -0.15) is 0 Å². The van der Waals surface area contributed by atoms with E-state index in [1.807, 2.05) is 0 Å². The van der Waals surface area contributed by atoms with Gasteiger partial charge in [0.2, 0.25) is 0 Å². The highest BCUT2D eigenvalue weighted by Gasteiger charge is 2.30. The van der Waals surface area contributed by atoms with Crippen LogP contribution >= 0.6 is 15.6 Å². The van der Waals surface area contributed by atoms with E-state index in [2.05, 4.69) is 48.5 Å². The third-order valence-electron chi connectivity index (χ3n) is 18.4. The molecule has 0 spiro atoms. The van der Waals surface area contributed by atoms with Crippen LogP contribution in [0, 0.1) is 17.8 Å². The molecule has 7 atom stereocenters. The fourth-order valence-electron chi connectivity index (χ4n) is 11.5. The quantitative estimate of drug-likeness (QED) is 0.0222. The van der Waals surface area contributed by atoms with Crippen LogP contribution in [0.15, 0.2) is 0 Å². The van der Waals surface area contributed by atoms with Crippen LogP contribution < -0.4 is 0 Å². The normalized spacial score (nSPS) is 14.6. The summed E-state index contributed by atoms with van der Waals surface area (Å²) in [6, 6.07) is 0. The molecule has 17 nitrogen and oxygen atoms in total. The SMILES string of the molecule is CCCCCCCCCCCCCCCCCCCCCC(=O)O[C@H](COC(=O)CCCCCCCCCCCC(C)C)COP(=O)(O)OC[C@@H](O)COP(=O)(O)OC[C@@H](COC(=O)CCCCCCCCCCC(C)CC)OC(=O)CCCCCCCCCCC(C)CC. The summed E-state index contributed by atoms with van der Waals surface area (Å²) in [5, 5.41) is 10.6. The number of hydrogen-bond donors (Lipinski definition) is 3. The molecule has 564 valence electrons. The molecule has 95 heavy (non-hydrogen) atoms. The lowest BCUT2D eigenvalue weighted by molar-refractivity contribution is -0.161. The van der Waals surface area contributed by atoms with Crippen LogP contribution in [0.3, 0.4) is 0 Å². The first-order chi connectivity index (χ1) is 45.8. The number of hydrogen-bond acceptors (Lipinski definition) is 15. The number of carbonyl (C=O) groups excluding carboxylic acids is 4. The van der Waals surface area contributed by atoms with Gasteiger partial charge in [0.1, 0.15) is 19.3 Å². The zero-order chi connectivity index (χ0) is 70.1. The second kappa shape index (κ2) is 66.6. The third kappa shape index (κ3) is 67.6. The third-order valence-corrected chi connectivity index (χ3v) is 20.3. The van der Waals surface area contributed by atoms with E-state index >= 15 is 0 Å². The number of rotatable bonds is 74. The molecule has 0 radical (unpaired) electrons. The number of esters is 4. The van der Waals surface area contributed by atoms with Crippen molar-refractivity contribution in [3.8, 4) is 0 Å². The first-order valence-corrected chi connectivity index (χ1v) is 42.4. The molecule has 0 fully saturated rings. The van der Waals surface area contributed by atoms with E-state index in [1.165, 1.54) is 199 Å². The van der Waals surface area contributed by atoms with Gasteiger partial charge in [-0.15, -0.1) is 0 Å². The van der Waals surface area contributed by atoms with E-state index in [-0.39, 0.29) is 25.7 Å². The molecule has 0 aliphatic carbocycles. The number of carbonyl (C=O) groups is 4. The van der Waals surface area contributed by atoms with Gasteiger partial charge >= 0.3 is 39.5 Å². The minimum absolute atomic E-state index is 0.104. The fraction of sp³-hybridized carbons (Fsp3) is 0.947. The molecule has 0 heterocycles. The van der Waals surface area contributed by atoms with Crippen LogP contribution in [0.25, 0.3) is 0 Å². The van der Waals surface area contributed by atoms with Crippen molar-refractivity contribution in [2.75, 3.05) is 39.6 Å². The summed E-state index contributed by atoms with van der Waals surface area (Å²) in [5.74, 6) is 0.171. The molecule has 0 rings (SSSR count). The molecule has 4 unspecified atom stereocenters. The lowest BCUT2D eigenvalue weighted by Crippen LogP contribution is -2.30. The monoisotopic (exact) mass is 1400 g/mol. The summed E-state index contributed by atoms with van der Waals surface area (Å²) in [5.41, 5.74) is 0. The zero-order valence-electron chi connectivity index (χ0n) is 62.1. The highest BCUT2D eigenvalue weighted by Crippen LogP contribution is 2.45. The minimum Gasteiger partial charge on any atom is -0.462 e. The number of aliphatic hydroxyl groups excluding tert-OH is 1. The van der Waals surface area contributed by atoms with Crippen molar-refractivity contribution in [3.05, 3.63) is 0 Å². The van der Waals surface area contributed by atoms with Gasteiger partial charge in [-0.05, 0) is 43.4 Å². The maximum Gasteiger partial charge on any atom is 0.472 e. The van der Waals surface area contributed by atoms with Crippen molar-refractivity contribution in [1.29, 1.82) is 0 Å². The largest absolute Gasteiger partial charge is 0.472 e. The van der Waals surface area contributed by atoms with E-state index in [0.717, 1.165) is 108 Å². The Morgan fingerprint density at radius 3 is 0.800 bits per heavy atom. The summed E-state index contributed by atoms with van der Waals surface area (Å²) >= 11 is 0. The first-order valence-electron chi connectivity index (χ1n) is 39.4. The Bertz CT molecular complexity index is 1860. The van der Waals surface area contributed by atoms with E-state index in [0.29, 0.717) is 25.7 Å². The maximum absolute atomic E-state index is 13.1. The first kappa shape index (κ1) is 93.1. The molecule has 0 aliphatic heterocycles. The van der Waals surface area contributed by atoms with Crippen molar-refractivity contribution in [2.24, 2.45) is 17.8 Å². The van der Waals surface area contributed by atoms with E-state index in [4.69, 9.17) is 37.0 Å². The molecule has 0 bridgehead atoms. The number of aliphatic hydroxyl groups is 1. The Morgan fingerprint density at radius 1 is 0.305 bits per heavy atom. The summed E-state index contributed by atoms with van der Waals surface area (Å²) < 4.78 is 68.5. The summed E-state index contributed by atoms with van der Waals surface area (Å²) in [6.07, 6.45) is 52.7. The second-order valence-electron chi connectivity index (χ2n) is 28.4. The fourth-order valence-corrected chi connectivity index (χ4v) is 13.1. The van der Waals surface area contributed by atoms with Gasteiger partial charge in [-0.25, -0.2) is 9.13 Å². The maximum atomic E-state index is 13.1. The molecule has 0 aromatic rings. The molecule has 0 aromatic heterocycles. The lowest BCUT2D eigenvalue weighted by atomic mass is 9.99. The van der Waals surface area contributed by atoms with Gasteiger partial charge < -0.3 is 33.8 Å². The Kier molecular flexibility index (Phi) is 65.2. The molecular weight excluding hydrogens is 1250 g/mol. The lowest BCUT2D eigenvalue weighted by Gasteiger charge is -2.21. The number of ether oxygens (including phenoxy) is 4. The van der Waals surface area contributed by atoms with Crippen molar-refractivity contribution >= 4 is 39.5 Å². The van der Waals surface area contributed by atoms with Crippen LogP contribution in [0.1, 0.15) is 389 Å². The summed E-state index contributed by atoms with van der Waals surface area (Å²) in [6.45, 7) is 11.9. The molecule has 0 amide bonds. The van der Waals surface area contributed by atoms with Crippen LogP contribution in [-0.2, 0) is 65.4 Å². The topological polar surface area (TPSA) is 237 Å². The van der Waals surface area contributed by atoms with Crippen molar-refractivity contribution in [3.63, 3.8) is 0 Å². The van der Waals surface area contributed by atoms with E-state index < -0.39 is 97.5 Å². The number of unbranched alkanes of at least 4 members (excludes halogenated alkanes) is 40. The summed E-state index contributed by atoms with van der Waals surface area (Å²) in [4.78, 5) is 72.8. The van der Waals surface area contributed by atoms with Crippen LogP contribution in [-0.4, -0.2) is 96.7 Å². The van der Waals surface area contributed by atoms with Gasteiger partial charge in [-0.3, -0.25) is 37.3 Å². The number of phosphoric ester groups is 2. The van der Waals surface area contributed by atoms with Crippen LogP contribution in [0.2, 0.25) is 0 Å². The smallest absolute Gasteiger partial charge is 0.462 e. The van der Waals surface area contributed by atoms with Crippen LogP contribution in [0.5, 0.6) is 0 Å². The minimum atomic E-state index is -4.96. The Labute approximate surface area is 581 Å². The highest BCUT2D eigenvalue weighted by atomic mass is 31.2. The molecular formula is C76H148O17P2. The van der Waals surface area contributed by atoms with Gasteiger partial charge in [0.05, 0.1) is 26.4 Å².